The average molecular weight is 293 g/mol. The van der Waals surface area contributed by atoms with Gasteiger partial charge in [-0.2, -0.15) is 5.10 Å². The molecule has 5 nitrogen and oxygen atoms in total. The van der Waals surface area contributed by atoms with Gasteiger partial charge in [0.2, 0.25) is 0 Å². The second kappa shape index (κ2) is 6.60. The highest BCUT2D eigenvalue weighted by Crippen LogP contribution is 2.25. The Hall–Kier alpha value is -1.36. The maximum Gasteiger partial charge on any atom is 0.271 e. The molecule has 0 saturated heterocycles. The predicted octanol–water partition coefficient (Wildman–Crippen LogP) is 2.17. The van der Waals surface area contributed by atoms with Gasteiger partial charge in [-0.1, -0.05) is 26.7 Å². The third-order valence-electron chi connectivity index (χ3n) is 4.43. The van der Waals surface area contributed by atoms with Crippen molar-refractivity contribution in [3.8, 4) is 0 Å². The largest absolute Gasteiger partial charge is 0.393 e. The van der Waals surface area contributed by atoms with Crippen LogP contribution in [-0.4, -0.2) is 45.4 Å². The second-order valence-electron chi connectivity index (χ2n) is 6.53. The van der Waals surface area contributed by atoms with Crippen LogP contribution in [0.4, 0.5) is 0 Å². The summed E-state index contributed by atoms with van der Waals surface area (Å²) in [5, 5.41) is 14.4. The predicted molar refractivity (Wildman–Crippen MR) is 82.2 cm³/mol. The van der Waals surface area contributed by atoms with Crippen molar-refractivity contribution >= 4 is 5.91 Å². The van der Waals surface area contributed by atoms with Crippen molar-refractivity contribution in [2.24, 2.45) is 13.0 Å². The molecule has 0 spiro atoms. The van der Waals surface area contributed by atoms with E-state index in [1.54, 1.807) is 9.58 Å². The number of rotatable bonds is 4. The third-order valence-corrected chi connectivity index (χ3v) is 4.43. The van der Waals surface area contributed by atoms with Crippen molar-refractivity contribution in [1.82, 2.24) is 14.7 Å². The van der Waals surface area contributed by atoms with Gasteiger partial charge in [-0.05, 0) is 24.8 Å². The van der Waals surface area contributed by atoms with Crippen LogP contribution in [-0.2, 0) is 7.05 Å². The number of hydrogen-bond acceptors (Lipinski definition) is 3. The Morgan fingerprint density at radius 3 is 2.71 bits per heavy atom. The first-order valence-electron chi connectivity index (χ1n) is 7.87. The fourth-order valence-electron chi connectivity index (χ4n) is 3.00. The molecule has 1 amide bonds. The topological polar surface area (TPSA) is 58.4 Å². The van der Waals surface area contributed by atoms with Gasteiger partial charge in [-0.15, -0.1) is 0 Å². The Kier molecular flexibility index (Phi) is 5.04. The van der Waals surface area contributed by atoms with Crippen molar-refractivity contribution in [2.45, 2.75) is 51.6 Å². The lowest BCUT2D eigenvalue weighted by Crippen LogP contribution is -2.38. The van der Waals surface area contributed by atoms with Gasteiger partial charge in [0.05, 0.1) is 11.8 Å². The van der Waals surface area contributed by atoms with Crippen LogP contribution in [0, 0.1) is 5.92 Å². The van der Waals surface area contributed by atoms with E-state index >= 15 is 0 Å². The lowest BCUT2D eigenvalue weighted by molar-refractivity contribution is 0.0446. The molecule has 0 radical (unpaired) electrons. The lowest BCUT2D eigenvalue weighted by Gasteiger charge is -2.31. The van der Waals surface area contributed by atoms with Gasteiger partial charge in [-0.3, -0.25) is 9.48 Å². The third kappa shape index (κ3) is 3.64. The van der Waals surface area contributed by atoms with Crippen LogP contribution < -0.4 is 0 Å². The SMILES string of the molecule is CC(C)c1cc(C(=O)N(C)CC2CCCCC2O)n(C)n1. The molecule has 1 aromatic heterocycles. The van der Waals surface area contributed by atoms with Crippen LogP contribution in [0.2, 0.25) is 0 Å². The molecule has 2 rings (SSSR count). The molecular formula is C16H27N3O2. The van der Waals surface area contributed by atoms with Gasteiger partial charge in [-0.25, -0.2) is 0 Å². The van der Waals surface area contributed by atoms with E-state index in [0.717, 1.165) is 31.4 Å². The minimum absolute atomic E-state index is 0.0188. The molecule has 0 aliphatic heterocycles. The summed E-state index contributed by atoms with van der Waals surface area (Å²) < 4.78 is 1.66. The Morgan fingerprint density at radius 1 is 1.48 bits per heavy atom. The number of amides is 1. The first kappa shape index (κ1) is 16.0. The Labute approximate surface area is 126 Å². The summed E-state index contributed by atoms with van der Waals surface area (Å²) in [5.74, 6) is 0.489. The Bertz CT molecular complexity index is 496. The number of carbonyl (C=O) groups is 1. The van der Waals surface area contributed by atoms with Crippen LogP contribution in [0.15, 0.2) is 6.07 Å². The maximum atomic E-state index is 12.6. The highest BCUT2D eigenvalue weighted by atomic mass is 16.3. The summed E-state index contributed by atoms with van der Waals surface area (Å²) in [6.45, 7) is 4.75. The van der Waals surface area contributed by atoms with Crippen molar-refractivity contribution in [3.63, 3.8) is 0 Å². The number of aryl methyl sites for hydroxylation is 1. The first-order chi connectivity index (χ1) is 9.90. The number of nitrogens with zero attached hydrogens (tertiary/aromatic N) is 3. The minimum atomic E-state index is -0.272. The fourth-order valence-corrected chi connectivity index (χ4v) is 3.00. The van der Waals surface area contributed by atoms with E-state index in [4.69, 9.17) is 0 Å². The molecule has 2 unspecified atom stereocenters. The Balaban J connectivity index is 2.05. The van der Waals surface area contributed by atoms with Gasteiger partial charge in [0, 0.05) is 26.6 Å². The molecule has 1 fully saturated rings. The monoisotopic (exact) mass is 293 g/mol. The molecule has 21 heavy (non-hydrogen) atoms. The zero-order chi connectivity index (χ0) is 15.6. The van der Waals surface area contributed by atoms with E-state index in [1.165, 1.54) is 0 Å². The van der Waals surface area contributed by atoms with E-state index in [0.29, 0.717) is 18.2 Å². The quantitative estimate of drug-likeness (QED) is 0.925. The second-order valence-corrected chi connectivity index (χ2v) is 6.53. The summed E-state index contributed by atoms with van der Waals surface area (Å²) in [6, 6.07) is 1.88. The van der Waals surface area contributed by atoms with E-state index < -0.39 is 0 Å². The number of aliphatic hydroxyl groups is 1. The van der Waals surface area contributed by atoms with Crippen LogP contribution in [0.3, 0.4) is 0 Å². The average Bonchev–Trinajstić information content (AvgIpc) is 2.82. The van der Waals surface area contributed by atoms with E-state index in [2.05, 4.69) is 18.9 Å². The van der Waals surface area contributed by atoms with Gasteiger partial charge < -0.3 is 10.0 Å². The Morgan fingerprint density at radius 2 is 2.14 bits per heavy atom. The normalized spacial score (nSPS) is 22.6. The standard InChI is InChI=1S/C16H27N3O2/c1-11(2)13-9-14(19(4)17-13)16(21)18(3)10-12-7-5-6-8-15(12)20/h9,11-12,15,20H,5-8,10H2,1-4H3. The molecule has 0 aromatic carbocycles. The van der Waals surface area contributed by atoms with E-state index in [1.807, 2.05) is 20.2 Å². The van der Waals surface area contributed by atoms with Crippen LogP contribution >= 0.6 is 0 Å². The molecule has 1 aliphatic rings. The van der Waals surface area contributed by atoms with Gasteiger partial charge in [0.15, 0.2) is 0 Å². The molecule has 1 aliphatic carbocycles. The molecule has 1 N–H and O–H groups in total. The number of aliphatic hydroxyl groups excluding tert-OH is 1. The lowest BCUT2D eigenvalue weighted by atomic mass is 9.86. The van der Waals surface area contributed by atoms with Crippen molar-refractivity contribution in [3.05, 3.63) is 17.5 Å². The molecule has 5 heteroatoms. The summed E-state index contributed by atoms with van der Waals surface area (Å²) in [6.07, 6.45) is 3.82. The van der Waals surface area contributed by atoms with Crippen LogP contribution in [0.1, 0.15) is 61.6 Å². The molecule has 118 valence electrons. The molecule has 1 aromatic rings. The van der Waals surface area contributed by atoms with Crippen LogP contribution in [0.5, 0.6) is 0 Å². The number of carbonyl (C=O) groups excluding carboxylic acids is 1. The maximum absolute atomic E-state index is 12.6. The minimum Gasteiger partial charge on any atom is -0.393 e. The van der Waals surface area contributed by atoms with Gasteiger partial charge in [0.1, 0.15) is 5.69 Å². The zero-order valence-electron chi connectivity index (χ0n) is 13.5. The molecule has 1 heterocycles. The number of hydrogen-bond donors (Lipinski definition) is 1. The zero-order valence-corrected chi connectivity index (χ0v) is 13.5. The summed E-state index contributed by atoms with van der Waals surface area (Å²) in [4.78, 5) is 14.3. The molecule has 2 atom stereocenters. The van der Waals surface area contributed by atoms with Crippen molar-refractivity contribution < 1.29 is 9.90 Å². The van der Waals surface area contributed by atoms with Crippen LogP contribution in [0.25, 0.3) is 0 Å². The van der Waals surface area contributed by atoms with Crippen molar-refractivity contribution in [1.29, 1.82) is 0 Å². The first-order valence-corrected chi connectivity index (χ1v) is 7.87. The summed E-state index contributed by atoms with van der Waals surface area (Å²) in [7, 11) is 3.62. The highest BCUT2D eigenvalue weighted by molar-refractivity contribution is 5.92. The van der Waals surface area contributed by atoms with Crippen molar-refractivity contribution in [2.75, 3.05) is 13.6 Å². The fraction of sp³-hybridized carbons (Fsp3) is 0.750. The van der Waals surface area contributed by atoms with E-state index in [-0.39, 0.29) is 17.9 Å². The number of aromatic nitrogens is 2. The smallest absolute Gasteiger partial charge is 0.271 e. The molecule has 0 bridgehead atoms. The highest BCUT2D eigenvalue weighted by Gasteiger charge is 2.27. The summed E-state index contributed by atoms with van der Waals surface area (Å²) in [5.41, 5.74) is 1.55. The summed E-state index contributed by atoms with van der Waals surface area (Å²) >= 11 is 0. The molecule has 1 saturated carbocycles. The molecular weight excluding hydrogens is 266 g/mol. The van der Waals surface area contributed by atoms with Gasteiger partial charge in [0.25, 0.3) is 5.91 Å². The van der Waals surface area contributed by atoms with Gasteiger partial charge >= 0.3 is 0 Å². The van der Waals surface area contributed by atoms with E-state index in [9.17, 15) is 9.90 Å².